The van der Waals surface area contributed by atoms with E-state index in [1.165, 1.54) is 4.90 Å². The number of aromatic nitrogens is 1. The first kappa shape index (κ1) is 21.3. The Balaban J connectivity index is 1.66. The molecule has 1 saturated heterocycles. The van der Waals surface area contributed by atoms with E-state index in [2.05, 4.69) is 33.4 Å². The Morgan fingerprint density at radius 1 is 1.26 bits per heavy atom. The van der Waals surface area contributed by atoms with E-state index in [-0.39, 0.29) is 10.7 Å². The summed E-state index contributed by atoms with van der Waals surface area (Å²) >= 11 is 8.84. The first-order valence-electron chi connectivity index (χ1n) is 9.82. The number of amides is 2. The second-order valence-corrected chi connectivity index (χ2v) is 8.49. The number of carbonyl (C=O) groups is 2. The molecule has 1 aromatic heterocycles. The summed E-state index contributed by atoms with van der Waals surface area (Å²) in [5.74, 6) is -0.295. The Labute approximate surface area is 194 Å². The van der Waals surface area contributed by atoms with E-state index in [1.807, 2.05) is 35.9 Å². The lowest BCUT2D eigenvalue weighted by Gasteiger charge is -2.29. The molecule has 31 heavy (non-hydrogen) atoms. The number of nitrogens with one attached hydrogen (secondary N) is 1. The third kappa shape index (κ3) is 4.40. The van der Waals surface area contributed by atoms with E-state index < -0.39 is 11.8 Å². The summed E-state index contributed by atoms with van der Waals surface area (Å²) in [4.78, 5) is 27.5. The Kier molecular flexibility index (Phi) is 6.20. The van der Waals surface area contributed by atoms with Crippen LogP contribution < -0.4 is 15.0 Å². The van der Waals surface area contributed by atoms with E-state index in [4.69, 9.17) is 17.0 Å². The second-order valence-electron chi connectivity index (χ2n) is 6.93. The molecule has 6 nitrogen and oxygen atoms in total. The van der Waals surface area contributed by atoms with E-state index in [0.717, 1.165) is 17.8 Å². The van der Waals surface area contributed by atoms with Crippen molar-refractivity contribution in [2.24, 2.45) is 0 Å². The zero-order valence-corrected chi connectivity index (χ0v) is 19.2. The molecule has 0 radical (unpaired) electrons. The highest BCUT2D eigenvalue weighted by molar-refractivity contribution is 9.09. The molecule has 1 aliphatic carbocycles. The van der Waals surface area contributed by atoms with Gasteiger partial charge in [0.1, 0.15) is 11.3 Å². The number of allylic oxidation sites excluding steroid dienone is 4. The van der Waals surface area contributed by atoms with Gasteiger partial charge in [0.25, 0.3) is 11.8 Å². The molecular formula is C23H20BrN3O3S. The molecule has 2 aliphatic rings. The Morgan fingerprint density at radius 3 is 2.71 bits per heavy atom. The predicted octanol–water partition coefficient (Wildman–Crippen LogP) is 4.28. The van der Waals surface area contributed by atoms with Crippen molar-refractivity contribution in [3.63, 3.8) is 0 Å². The Morgan fingerprint density at radius 2 is 2.03 bits per heavy atom. The van der Waals surface area contributed by atoms with Crippen LogP contribution in [0.25, 0.3) is 11.8 Å². The fourth-order valence-electron chi connectivity index (χ4n) is 3.41. The molecule has 0 bridgehead atoms. The third-order valence-electron chi connectivity index (χ3n) is 4.89. The van der Waals surface area contributed by atoms with Crippen LogP contribution in [0.15, 0.2) is 66.4 Å². The molecule has 1 fully saturated rings. The van der Waals surface area contributed by atoms with Crippen molar-refractivity contribution < 1.29 is 14.3 Å². The molecule has 1 unspecified atom stereocenters. The molecule has 8 heteroatoms. The van der Waals surface area contributed by atoms with Crippen LogP contribution in [0.3, 0.4) is 0 Å². The van der Waals surface area contributed by atoms with Gasteiger partial charge >= 0.3 is 0 Å². The molecule has 4 rings (SSSR count). The Bertz CT molecular complexity index is 1130. The average molecular weight is 498 g/mol. The summed E-state index contributed by atoms with van der Waals surface area (Å²) in [7, 11) is 0. The van der Waals surface area contributed by atoms with Gasteiger partial charge in [-0.2, -0.15) is 0 Å². The molecule has 1 aromatic carbocycles. The van der Waals surface area contributed by atoms with Crippen molar-refractivity contribution >= 4 is 62.5 Å². The molecule has 158 valence electrons. The van der Waals surface area contributed by atoms with Crippen LogP contribution in [-0.4, -0.2) is 32.9 Å². The van der Waals surface area contributed by atoms with Crippen LogP contribution in [0.4, 0.5) is 5.69 Å². The van der Waals surface area contributed by atoms with Crippen molar-refractivity contribution in [3.05, 3.63) is 72.1 Å². The Hall–Kier alpha value is -2.97. The number of rotatable bonds is 5. The summed E-state index contributed by atoms with van der Waals surface area (Å²) < 4.78 is 7.40. The van der Waals surface area contributed by atoms with Crippen molar-refractivity contribution in [1.29, 1.82) is 0 Å². The lowest BCUT2D eigenvalue weighted by molar-refractivity contribution is -0.122. The number of nitrogens with zero attached hydrogens (tertiary/aromatic N) is 2. The number of alkyl halides is 1. The fourth-order valence-corrected chi connectivity index (χ4v) is 4.03. The number of ether oxygens (including phenoxy) is 1. The smallest absolute Gasteiger partial charge is 0.270 e. The fraction of sp³-hybridized carbons (Fsp3) is 0.174. The van der Waals surface area contributed by atoms with Crippen molar-refractivity contribution in [2.75, 3.05) is 11.5 Å². The topological polar surface area (TPSA) is 63.6 Å². The first-order chi connectivity index (χ1) is 15.0. The maximum absolute atomic E-state index is 13.2. The second kappa shape index (κ2) is 9.03. The third-order valence-corrected chi connectivity index (χ3v) is 5.85. The van der Waals surface area contributed by atoms with E-state index in [0.29, 0.717) is 22.9 Å². The van der Waals surface area contributed by atoms with Gasteiger partial charge in [-0.05, 0) is 74.1 Å². The normalized spacial score (nSPS) is 20.1. The average Bonchev–Trinajstić information content (AvgIpc) is 3.21. The molecule has 1 aliphatic heterocycles. The minimum absolute atomic E-state index is 0.0150. The molecule has 1 N–H and O–H groups in total. The highest BCUT2D eigenvalue weighted by atomic mass is 79.9. The summed E-state index contributed by atoms with van der Waals surface area (Å²) in [6.07, 6.45) is 10.5. The number of halogens is 1. The molecule has 0 saturated carbocycles. The summed E-state index contributed by atoms with van der Waals surface area (Å²) in [5.41, 5.74) is 2.28. The predicted molar refractivity (Wildman–Crippen MR) is 129 cm³/mol. The summed E-state index contributed by atoms with van der Waals surface area (Å²) in [6.45, 7) is 2.45. The van der Waals surface area contributed by atoms with Crippen LogP contribution >= 0.6 is 28.1 Å². The van der Waals surface area contributed by atoms with Crippen molar-refractivity contribution in [3.8, 4) is 5.75 Å². The minimum Gasteiger partial charge on any atom is -0.494 e. The lowest BCUT2D eigenvalue weighted by Crippen LogP contribution is -2.54. The van der Waals surface area contributed by atoms with Gasteiger partial charge in [-0.1, -0.05) is 28.1 Å². The van der Waals surface area contributed by atoms with Gasteiger partial charge in [-0.25, -0.2) is 0 Å². The van der Waals surface area contributed by atoms with E-state index in [1.54, 1.807) is 30.3 Å². The molecule has 0 spiro atoms. The molecule has 2 aromatic rings. The van der Waals surface area contributed by atoms with Crippen LogP contribution in [-0.2, 0) is 9.59 Å². The zero-order chi connectivity index (χ0) is 22.0. The number of carbonyl (C=O) groups excluding carboxylic acids is 2. The van der Waals surface area contributed by atoms with Crippen LogP contribution in [0.1, 0.15) is 19.0 Å². The van der Waals surface area contributed by atoms with E-state index >= 15 is 0 Å². The minimum atomic E-state index is -0.515. The molecule has 2 heterocycles. The van der Waals surface area contributed by atoms with Crippen molar-refractivity contribution in [2.45, 2.75) is 18.2 Å². The van der Waals surface area contributed by atoms with Crippen LogP contribution in [0.5, 0.6) is 5.75 Å². The van der Waals surface area contributed by atoms with Crippen LogP contribution in [0, 0.1) is 0 Å². The van der Waals surface area contributed by atoms with Gasteiger partial charge in [0.15, 0.2) is 5.11 Å². The number of anilines is 1. The van der Waals surface area contributed by atoms with Gasteiger partial charge in [0, 0.05) is 22.4 Å². The number of thiocarbonyl (C=S) groups is 1. The number of hydrogen-bond acceptors (Lipinski definition) is 4. The molecular weight excluding hydrogens is 478 g/mol. The highest BCUT2D eigenvalue weighted by Gasteiger charge is 2.34. The van der Waals surface area contributed by atoms with Gasteiger partial charge in [-0.3, -0.25) is 19.8 Å². The zero-order valence-electron chi connectivity index (χ0n) is 16.7. The maximum Gasteiger partial charge on any atom is 0.270 e. The number of hydrogen-bond donors (Lipinski definition) is 1. The standard InChI is InChI=1S/C23H20BrN3O3S/c1-2-30-19-11-9-17(10-12-19)27-22(29)20(21(28)25-23(27)31)14-18-4-3-13-26(18)16-7-5-15(24)6-8-16/h3-5,7-15H,2,6H2,1H3,(H,25,28,31)/b20-14+. The monoisotopic (exact) mass is 497 g/mol. The highest BCUT2D eigenvalue weighted by Crippen LogP contribution is 2.26. The number of benzene rings is 1. The first-order valence-corrected chi connectivity index (χ1v) is 11.1. The van der Waals surface area contributed by atoms with Gasteiger partial charge in [0.2, 0.25) is 0 Å². The lowest BCUT2D eigenvalue weighted by atomic mass is 10.1. The quantitative estimate of drug-likeness (QED) is 0.289. The van der Waals surface area contributed by atoms with E-state index in [9.17, 15) is 9.59 Å². The molecule has 2 amide bonds. The van der Waals surface area contributed by atoms with Gasteiger partial charge in [-0.15, -0.1) is 0 Å². The maximum atomic E-state index is 13.2. The summed E-state index contributed by atoms with van der Waals surface area (Å²) in [6, 6.07) is 10.7. The van der Waals surface area contributed by atoms with Gasteiger partial charge < -0.3 is 9.30 Å². The summed E-state index contributed by atoms with van der Waals surface area (Å²) in [5, 5.41) is 2.67. The van der Waals surface area contributed by atoms with Crippen molar-refractivity contribution in [1.82, 2.24) is 9.88 Å². The largest absolute Gasteiger partial charge is 0.494 e. The SMILES string of the molecule is CCOc1ccc(N2C(=O)/C(=C/c3cccn3C3=CCC(Br)C=C3)C(=O)NC2=S)cc1. The van der Waals surface area contributed by atoms with Crippen LogP contribution in [0.2, 0.25) is 0 Å². The van der Waals surface area contributed by atoms with Gasteiger partial charge in [0.05, 0.1) is 12.3 Å². The molecule has 1 atom stereocenters.